The van der Waals surface area contributed by atoms with Crippen molar-refractivity contribution >= 4 is 0 Å². The van der Waals surface area contributed by atoms with Crippen LogP contribution in [0.3, 0.4) is 0 Å². The molecule has 0 unspecified atom stereocenters. The van der Waals surface area contributed by atoms with Crippen LogP contribution < -0.4 is 5.90 Å². The molecule has 102 valence electrons. The van der Waals surface area contributed by atoms with Gasteiger partial charge in [-0.1, -0.05) is 50.5 Å². The molecule has 2 N–H and O–H groups in total. The van der Waals surface area contributed by atoms with E-state index >= 15 is 0 Å². The van der Waals surface area contributed by atoms with Crippen molar-refractivity contribution < 1.29 is 4.84 Å². The first-order valence-electron chi connectivity index (χ1n) is 7.26. The van der Waals surface area contributed by atoms with E-state index in [4.69, 9.17) is 5.90 Å². The Bertz CT molecular complexity index is 294. The average Bonchev–Trinajstić information content (AvgIpc) is 2.42. The van der Waals surface area contributed by atoms with Gasteiger partial charge in [0.15, 0.2) is 0 Å². The average molecular weight is 249 g/mol. The lowest BCUT2D eigenvalue weighted by Crippen LogP contribution is -2.00. The first kappa shape index (κ1) is 15.2. The van der Waals surface area contributed by atoms with Gasteiger partial charge in [-0.2, -0.15) is 0 Å². The van der Waals surface area contributed by atoms with Gasteiger partial charge < -0.3 is 4.84 Å². The van der Waals surface area contributed by atoms with Gasteiger partial charge in [0.25, 0.3) is 0 Å². The molecule has 0 radical (unpaired) electrons. The minimum Gasteiger partial charge on any atom is -0.305 e. The van der Waals surface area contributed by atoms with Crippen LogP contribution in [0.1, 0.15) is 56.6 Å². The molecular formula is C16H27NO. The zero-order valence-corrected chi connectivity index (χ0v) is 11.7. The Morgan fingerprint density at radius 1 is 0.833 bits per heavy atom. The number of hydrogen-bond acceptors (Lipinski definition) is 2. The molecule has 0 saturated carbocycles. The Labute approximate surface area is 111 Å². The minimum absolute atomic E-state index is 0.687. The summed E-state index contributed by atoms with van der Waals surface area (Å²) in [6.45, 7) is 2.93. The van der Waals surface area contributed by atoms with Gasteiger partial charge in [0.2, 0.25) is 0 Å². The Morgan fingerprint density at radius 2 is 1.39 bits per heavy atom. The predicted molar refractivity (Wildman–Crippen MR) is 77.4 cm³/mol. The monoisotopic (exact) mass is 249 g/mol. The van der Waals surface area contributed by atoms with Crippen molar-refractivity contribution in [3.8, 4) is 0 Å². The van der Waals surface area contributed by atoms with Crippen LogP contribution in [0, 0.1) is 0 Å². The number of rotatable bonds is 10. The maximum absolute atomic E-state index is 4.98. The van der Waals surface area contributed by atoms with Crippen molar-refractivity contribution in [1.82, 2.24) is 0 Å². The van der Waals surface area contributed by atoms with Gasteiger partial charge in [0.05, 0.1) is 6.61 Å². The Hall–Kier alpha value is -0.860. The third kappa shape index (κ3) is 6.77. The molecule has 0 aliphatic rings. The zero-order chi connectivity index (χ0) is 13.1. The molecule has 0 atom stereocenters. The van der Waals surface area contributed by atoms with E-state index in [9.17, 15) is 0 Å². The maximum Gasteiger partial charge on any atom is 0.0679 e. The SMILES string of the molecule is CCCCc1ccc(CCCCCCON)cc1. The van der Waals surface area contributed by atoms with Crippen molar-refractivity contribution in [2.75, 3.05) is 6.61 Å². The minimum atomic E-state index is 0.687. The molecule has 0 aliphatic heterocycles. The summed E-state index contributed by atoms with van der Waals surface area (Å²) in [6, 6.07) is 9.14. The van der Waals surface area contributed by atoms with Crippen LogP contribution in [0.4, 0.5) is 0 Å². The van der Waals surface area contributed by atoms with Crippen LogP contribution in [0.25, 0.3) is 0 Å². The molecule has 0 bridgehead atoms. The van der Waals surface area contributed by atoms with E-state index in [0.717, 1.165) is 6.42 Å². The second kappa shape index (κ2) is 10.1. The Kier molecular flexibility index (Phi) is 8.53. The lowest BCUT2D eigenvalue weighted by molar-refractivity contribution is 0.133. The van der Waals surface area contributed by atoms with Gasteiger partial charge in [-0.05, 0) is 43.2 Å². The van der Waals surface area contributed by atoms with Crippen LogP contribution in [0.15, 0.2) is 24.3 Å². The molecule has 1 rings (SSSR count). The second-order valence-electron chi connectivity index (χ2n) is 4.96. The highest BCUT2D eigenvalue weighted by Crippen LogP contribution is 2.11. The number of nitrogens with two attached hydrogens (primary N) is 1. The van der Waals surface area contributed by atoms with Crippen molar-refractivity contribution in [3.63, 3.8) is 0 Å². The van der Waals surface area contributed by atoms with Crippen LogP contribution in [0.5, 0.6) is 0 Å². The van der Waals surface area contributed by atoms with Crippen molar-refractivity contribution in [2.45, 2.75) is 58.3 Å². The summed E-state index contributed by atoms with van der Waals surface area (Å²) < 4.78 is 0. The zero-order valence-electron chi connectivity index (χ0n) is 11.7. The molecular weight excluding hydrogens is 222 g/mol. The van der Waals surface area contributed by atoms with E-state index in [0.29, 0.717) is 6.61 Å². The maximum atomic E-state index is 4.98. The standard InChI is InChI=1S/C16H27NO/c1-2-3-8-15-10-12-16(13-11-15)9-6-4-5-7-14-18-17/h10-13H,2-9,14,17H2,1H3. The van der Waals surface area contributed by atoms with Gasteiger partial charge in [-0.25, -0.2) is 5.90 Å². The highest BCUT2D eigenvalue weighted by molar-refractivity contribution is 5.22. The van der Waals surface area contributed by atoms with Crippen LogP contribution in [0.2, 0.25) is 0 Å². The van der Waals surface area contributed by atoms with Gasteiger partial charge >= 0.3 is 0 Å². The predicted octanol–water partition coefficient (Wildman–Crippen LogP) is 4.02. The van der Waals surface area contributed by atoms with Crippen LogP contribution in [-0.2, 0) is 17.7 Å². The molecule has 0 spiro atoms. The first-order chi connectivity index (χ1) is 8.86. The van der Waals surface area contributed by atoms with Gasteiger partial charge in [0, 0.05) is 0 Å². The van der Waals surface area contributed by atoms with Crippen LogP contribution in [-0.4, -0.2) is 6.61 Å². The number of aryl methyl sites for hydroxylation is 2. The van der Waals surface area contributed by atoms with E-state index in [1.807, 2.05) is 0 Å². The Balaban J connectivity index is 2.14. The summed E-state index contributed by atoms with van der Waals surface area (Å²) in [5, 5.41) is 0. The van der Waals surface area contributed by atoms with Crippen LogP contribution >= 0.6 is 0 Å². The van der Waals surface area contributed by atoms with E-state index in [-0.39, 0.29) is 0 Å². The highest BCUT2D eigenvalue weighted by Gasteiger charge is 1.96. The highest BCUT2D eigenvalue weighted by atomic mass is 16.6. The molecule has 18 heavy (non-hydrogen) atoms. The summed E-state index contributed by atoms with van der Waals surface area (Å²) in [5.74, 6) is 4.98. The number of hydrogen-bond donors (Lipinski definition) is 1. The fourth-order valence-corrected chi connectivity index (χ4v) is 2.12. The summed E-state index contributed by atoms with van der Waals surface area (Å²) in [5.41, 5.74) is 2.94. The molecule has 0 aromatic heterocycles. The molecule has 0 fully saturated rings. The molecule has 0 amide bonds. The van der Waals surface area contributed by atoms with E-state index in [2.05, 4.69) is 36.0 Å². The Morgan fingerprint density at radius 3 is 1.94 bits per heavy atom. The second-order valence-corrected chi connectivity index (χ2v) is 4.96. The van der Waals surface area contributed by atoms with Crippen molar-refractivity contribution in [2.24, 2.45) is 5.90 Å². The van der Waals surface area contributed by atoms with E-state index in [1.54, 1.807) is 0 Å². The fraction of sp³-hybridized carbons (Fsp3) is 0.625. The normalized spacial score (nSPS) is 10.8. The molecule has 0 saturated heterocycles. The fourth-order valence-electron chi connectivity index (χ4n) is 2.12. The lowest BCUT2D eigenvalue weighted by atomic mass is 10.0. The molecule has 1 aromatic rings. The third-order valence-electron chi connectivity index (χ3n) is 3.32. The molecule has 2 heteroatoms. The van der Waals surface area contributed by atoms with E-state index in [1.165, 1.54) is 56.1 Å². The number of unbranched alkanes of at least 4 members (excludes halogenated alkanes) is 4. The quantitative estimate of drug-likeness (QED) is 0.502. The van der Waals surface area contributed by atoms with Crippen molar-refractivity contribution in [1.29, 1.82) is 0 Å². The summed E-state index contributed by atoms with van der Waals surface area (Å²) >= 11 is 0. The number of benzene rings is 1. The summed E-state index contributed by atoms with van der Waals surface area (Å²) in [6.07, 6.45) is 9.79. The summed E-state index contributed by atoms with van der Waals surface area (Å²) in [7, 11) is 0. The topological polar surface area (TPSA) is 35.2 Å². The van der Waals surface area contributed by atoms with E-state index < -0.39 is 0 Å². The molecule has 2 nitrogen and oxygen atoms in total. The first-order valence-corrected chi connectivity index (χ1v) is 7.26. The van der Waals surface area contributed by atoms with Gasteiger partial charge in [-0.15, -0.1) is 0 Å². The molecule has 0 heterocycles. The largest absolute Gasteiger partial charge is 0.305 e. The summed E-state index contributed by atoms with van der Waals surface area (Å²) in [4.78, 5) is 4.55. The van der Waals surface area contributed by atoms with Crippen molar-refractivity contribution in [3.05, 3.63) is 35.4 Å². The molecule has 0 aliphatic carbocycles. The van der Waals surface area contributed by atoms with Gasteiger partial charge in [-0.3, -0.25) is 0 Å². The lowest BCUT2D eigenvalue weighted by Gasteiger charge is -2.04. The van der Waals surface area contributed by atoms with Gasteiger partial charge in [0.1, 0.15) is 0 Å². The smallest absolute Gasteiger partial charge is 0.0679 e. The molecule has 1 aromatic carbocycles. The third-order valence-corrected chi connectivity index (χ3v) is 3.32.